The topological polar surface area (TPSA) is 60.0 Å². The minimum Gasteiger partial charge on any atom is -0.395 e. The molecular formula is C22H27NO4. The van der Waals surface area contributed by atoms with E-state index in [1.165, 1.54) is 0 Å². The molecule has 0 aliphatic carbocycles. The lowest BCUT2D eigenvalue weighted by atomic mass is 9.94. The highest BCUT2D eigenvalue weighted by atomic mass is 16.8. The number of rotatable bonds is 5. The van der Waals surface area contributed by atoms with Crippen LogP contribution in [-0.4, -0.2) is 48.4 Å². The van der Waals surface area contributed by atoms with Crippen LogP contribution in [0.1, 0.15) is 31.1 Å². The molecule has 0 aromatic heterocycles. The maximum Gasteiger partial charge on any atom is 0.163 e. The molecular weight excluding hydrogens is 342 g/mol. The first kappa shape index (κ1) is 18.6. The van der Waals surface area contributed by atoms with E-state index in [1.807, 2.05) is 50.2 Å². The molecule has 2 aliphatic rings. The van der Waals surface area contributed by atoms with Crippen molar-refractivity contribution in [3.63, 3.8) is 0 Å². The number of piperidine rings is 1. The van der Waals surface area contributed by atoms with E-state index < -0.39 is 5.79 Å². The summed E-state index contributed by atoms with van der Waals surface area (Å²) in [6, 6.07) is 20.1. The first-order chi connectivity index (χ1) is 13.1. The average molecular weight is 369 g/mol. The maximum atomic E-state index is 9.93. The van der Waals surface area contributed by atoms with Crippen LogP contribution < -0.4 is 5.32 Å². The number of benzene rings is 2. The third kappa shape index (κ3) is 3.93. The molecule has 2 N–H and O–H groups in total. The van der Waals surface area contributed by atoms with Gasteiger partial charge in [0.05, 0.1) is 12.6 Å². The summed E-state index contributed by atoms with van der Waals surface area (Å²) < 4.78 is 18.8. The van der Waals surface area contributed by atoms with Gasteiger partial charge in [0.25, 0.3) is 0 Å². The monoisotopic (exact) mass is 369 g/mol. The van der Waals surface area contributed by atoms with E-state index in [-0.39, 0.29) is 37.1 Å². The Morgan fingerprint density at radius 1 is 1.04 bits per heavy atom. The van der Waals surface area contributed by atoms with Crippen molar-refractivity contribution < 1.29 is 19.3 Å². The van der Waals surface area contributed by atoms with E-state index in [0.29, 0.717) is 6.54 Å². The maximum absolute atomic E-state index is 9.93. The molecule has 5 nitrogen and oxygen atoms in total. The summed E-state index contributed by atoms with van der Waals surface area (Å²) in [5, 5.41) is 13.3. The van der Waals surface area contributed by atoms with Crippen molar-refractivity contribution >= 4 is 0 Å². The van der Waals surface area contributed by atoms with Crippen LogP contribution in [0.25, 0.3) is 0 Å². The molecule has 0 amide bonds. The van der Waals surface area contributed by atoms with Crippen LogP contribution in [0.5, 0.6) is 0 Å². The molecule has 2 saturated heterocycles. The lowest BCUT2D eigenvalue weighted by molar-refractivity contribution is -0.165. The van der Waals surface area contributed by atoms with Gasteiger partial charge in [0, 0.05) is 6.54 Å². The summed E-state index contributed by atoms with van der Waals surface area (Å²) in [4.78, 5) is 0. The smallest absolute Gasteiger partial charge is 0.163 e. The van der Waals surface area contributed by atoms with E-state index in [4.69, 9.17) is 14.2 Å². The Hall–Kier alpha value is -1.76. The first-order valence-corrected chi connectivity index (χ1v) is 9.52. The quantitative estimate of drug-likeness (QED) is 0.849. The zero-order valence-electron chi connectivity index (χ0n) is 15.7. The van der Waals surface area contributed by atoms with Gasteiger partial charge < -0.3 is 24.6 Å². The summed E-state index contributed by atoms with van der Waals surface area (Å²) in [5.41, 5.74) is 2.14. The van der Waals surface area contributed by atoms with Gasteiger partial charge >= 0.3 is 0 Å². The van der Waals surface area contributed by atoms with E-state index in [0.717, 1.165) is 11.1 Å². The molecule has 0 radical (unpaired) electrons. The van der Waals surface area contributed by atoms with E-state index in [1.54, 1.807) is 0 Å². The van der Waals surface area contributed by atoms with Crippen molar-refractivity contribution in [1.82, 2.24) is 5.32 Å². The van der Waals surface area contributed by atoms with Crippen LogP contribution in [0.3, 0.4) is 0 Å². The Bertz CT molecular complexity index is 697. The standard InChI is InChI=1S/C22H27NO4/c1-22(2)26-18-13-23-17(14-24)20(21(18)27-22)25-19(15-9-5-3-6-10-15)16-11-7-4-8-12-16/h3-12,17-21,23-24H,13-14H2,1-2H3/t17-,18-,20-,21-/m1/s1. The first-order valence-electron chi connectivity index (χ1n) is 9.52. The molecule has 2 aromatic carbocycles. The summed E-state index contributed by atoms with van der Waals surface area (Å²) in [6.45, 7) is 4.46. The van der Waals surface area contributed by atoms with Crippen molar-refractivity contribution in [3.05, 3.63) is 71.8 Å². The van der Waals surface area contributed by atoms with Gasteiger partial charge in [-0.1, -0.05) is 60.7 Å². The molecule has 5 heteroatoms. The summed E-state index contributed by atoms with van der Waals surface area (Å²) in [6.07, 6.45) is -0.909. The highest BCUT2D eigenvalue weighted by Gasteiger charge is 2.51. The lowest BCUT2D eigenvalue weighted by Gasteiger charge is -2.39. The third-order valence-corrected chi connectivity index (χ3v) is 5.22. The van der Waals surface area contributed by atoms with E-state index in [9.17, 15) is 5.11 Å². The summed E-state index contributed by atoms with van der Waals surface area (Å²) >= 11 is 0. The van der Waals surface area contributed by atoms with Crippen LogP contribution in [-0.2, 0) is 14.2 Å². The molecule has 2 fully saturated rings. The van der Waals surface area contributed by atoms with Crippen molar-refractivity contribution in [2.45, 2.75) is 50.1 Å². The van der Waals surface area contributed by atoms with E-state index in [2.05, 4.69) is 29.6 Å². The van der Waals surface area contributed by atoms with Crippen LogP contribution in [0, 0.1) is 0 Å². The van der Waals surface area contributed by atoms with Gasteiger partial charge in [-0.3, -0.25) is 0 Å². The fourth-order valence-electron chi connectivity index (χ4n) is 4.02. The SMILES string of the molecule is CC1(C)O[C@H]2[C@H](OC(c3ccccc3)c3ccccc3)[C@@H](CO)NC[C@H]2O1. The van der Waals surface area contributed by atoms with Gasteiger partial charge in [-0.05, 0) is 25.0 Å². The lowest BCUT2D eigenvalue weighted by Crippen LogP contribution is -2.61. The molecule has 0 spiro atoms. The van der Waals surface area contributed by atoms with Crippen molar-refractivity contribution in [3.8, 4) is 0 Å². The molecule has 0 bridgehead atoms. The molecule has 0 unspecified atom stereocenters. The minimum absolute atomic E-state index is 0.0199. The van der Waals surface area contributed by atoms with Crippen LogP contribution in [0.15, 0.2) is 60.7 Å². The van der Waals surface area contributed by atoms with Gasteiger partial charge in [0.1, 0.15) is 24.4 Å². The van der Waals surface area contributed by atoms with Gasteiger partial charge in [-0.2, -0.15) is 0 Å². The average Bonchev–Trinajstić information content (AvgIpc) is 3.01. The zero-order chi connectivity index (χ0) is 18.9. The van der Waals surface area contributed by atoms with Gasteiger partial charge in [-0.15, -0.1) is 0 Å². The highest BCUT2D eigenvalue weighted by molar-refractivity contribution is 5.30. The number of ether oxygens (including phenoxy) is 3. The Labute approximate surface area is 160 Å². The highest BCUT2D eigenvalue weighted by Crippen LogP contribution is 2.37. The molecule has 0 saturated carbocycles. The second-order valence-corrected chi connectivity index (χ2v) is 7.64. The number of aliphatic hydroxyl groups excluding tert-OH is 1. The number of hydrogen-bond donors (Lipinski definition) is 2. The van der Waals surface area contributed by atoms with Crippen LogP contribution in [0.2, 0.25) is 0 Å². The van der Waals surface area contributed by atoms with E-state index >= 15 is 0 Å². The molecule has 2 heterocycles. The predicted molar refractivity (Wildman–Crippen MR) is 102 cm³/mol. The number of nitrogens with one attached hydrogen (secondary N) is 1. The minimum atomic E-state index is -0.655. The number of aliphatic hydroxyl groups is 1. The molecule has 2 aromatic rings. The fraction of sp³-hybridized carbons (Fsp3) is 0.455. The largest absolute Gasteiger partial charge is 0.395 e. The Kier molecular flexibility index (Phi) is 5.30. The third-order valence-electron chi connectivity index (χ3n) is 5.22. The Morgan fingerprint density at radius 3 is 2.19 bits per heavy atom. The number of fused-ring (bicyclic) bond motifs is 1. The summed E-state index contributed by atoms with van der Waals surface area (Å²) in [5.74, 6) is -0.655. The van der Waals surface area contributed by atoms with Gasteiger partial charge in [-0.25, -0.2) is 0 Å². The molecule has 27 heavy (non-hydrogen) atoms. The predicted octanol–water partition coefficient (Wildman–Crippen LogP) is 2.65. The molecule has 2 aliphatic heterocycles. The molecule has 4 rings (SSSR count). The molecule has 144 valence electrons. The van der Waals surface area contributed by atoms with Crippen LogP contribution >= 0.6 is 0 Å². The second kappa shape index (κ2) is 7.70. The van der Waals surface area contributed by atoms with Crippen molar-refractivity contribution in [2.24, 2.45) is 0 Å². The van der Waals surface area contributed by atoms with Crippen molar-refractivity contribution in [2.75, 3.05) is 13.2 Å². The van der Waals surface area contributed by atoms with Crippen LogP contribution in [0.4, 0.5) is 0 Å². The van der Waals surface area contributed by atoms with Gasteiger partial charge in [0.15, 0.2) is 5.79 Å². The van der Waals surface area contributed by atoms with Gasteiger partial charge in [0.2, 0.25) is 0 Å². The normalized spacial score (nSPS) is 29.6. The fourth-order valence-corrected chi connectivity index (χ4v) is 4.02. The summed E-state index contributed by atoms with van der Waals surface area (Å²) in [7, 11) is 0. The number of hydrogen-bond acceptors (Lipinski definition) is 5. The zero-order valence-corrected chi connectivity index (χ0v) is 15.7. The Morgan fingerprint density at radius 2 is 1.63 bits per heavy atom. The van der Waals surface area contributed by atoms with Crippen molar-refractivity contribution in [1.29, 1.82) is 0 Å². The second-order valence-electron chi connectivity index (χ2n) is 7.64. The molecule has 4 atom stereocenters. The Balaban J connectivity index is 1.66.